The average molecular weight is 331 g/mol. The van der Waals surface area contributed by atoms with Gasteiger partial charge in [-0.15, -0.1) is 15.3 Å². The lowest BCUT2D eigenvalue weighted by Gasteiger charge is -2.30. The molecule has 2 aromatic heterocycles. The highest BCUT2D eigenvalue weighted by Gasteiger charge is 2.22. The van der Waals surface area contributed by atoms with E-state index in [1.165, 1.54) is 5.57 Å². The highest BCUT2D eigenvalue weighted by Crippen LogP contribution is 2.32. The van der Waals surface area contributed by atoms with Gasteiger partial charge in [-0.25, -0.2) is 0 Å². The van der Waals surface area contributed by atoms with E-state index in [2.05, 4.69) is 33.3 Å². The van der Waals surface area contributed by atoms with Crippen molar-refractivity contribution in [2.45, 2.75) is 0 Å². The zero-order chi connectivity index (χ0) is 16.6. The van der Waals surface area contributed by atoms with Crippen LogP contribution in [0.15, 0.2) is 54.6 Å². The first-order valence-corrected chi connectivity index (χ1v) is 8.43. The molecule has 124 valence electrons. The van der Waals surface area contributed by atoms with E-state index >= 15 is 0 Å². The molecular weight excluding hydrogens is 314 g/mol. The van der Waals surface area contributed by atoms with Crippen molar-refractivity contribution in [2.75, 3.05) is 31.2 Å². The van der Waals surface area contributed by atoms with Crippen molar-refractivity contribution >= 4 is 17.0 Å². The summed E-state index contributed by atoms with van der Waals surface area (Å²) in [7, 11) is 0. The summed E-state index contributed by atoms with van der Waals surface area (Å²) in [5.41, 5.74) is 4.04. The van der Waals surface area contributed by atoms with Gasteiger partial charge >= 0.3 is 0 Å². The number of hydrogen-bond donors (Lipinski definition) is 0. The lowest BCUT2D eigenvalue weighted by Crippen LogP contribution is -2.37. The van der Waals surface area contributed by atoms with E-state index in [4.69, 9.17) is 9.84 Å². The van der Waals surface area contributed by atoms with Crippen molar-refractivity contribution in [3.63, 3.8) is 0 Å². The Balaban J connectivity index is 1.69. The topological polar surface area (TPSA) is 55.5 Å². The second-order valence-corrected chi connectivity index (χ2v) is 6.12. The van der Waals surface area contributed by atoms with Crippen LogP contribution in [0.1, 0.15) is 5.56 Å². The van der Waals surface area contributed by atoms with Gasteiger partial charge in [-0.1, -0.05) is 48.6 Å². The van der Waals surface area contributed by atoms with E-state index in [1.807, 2.05) is 40.9 Å². The minimum atomic E-state index is 0.724. The molecule has 5 rings (SSSR count). The molecule has 6 heteroatoms. The molecule has 1 aromatic carbocycles. The predicted molar refractivity (Wildman–Crippen MR) is 96.4 cm³/mol. The van der Waals surface area contributed by atoms with E-state index in [0.29, 0.717) is 0 Å². The Hall–Kier alpha value is -2.99. The van der Waals surface area contributed by atoms with Crippen molar-refractivity contribution in [2.24, 2.45) is 0 Å². The van der Waals surface area contributed by atoms with Crippen LogP contribution in [0.4, 0.5) is 5.82 Å². The van der Waals surface area contributed by atoms with Crippen LogP contribution in [0, 0.1) is 0 Å². The summed E-state index contributed by atoms with van der Waals surface area (Å²) in [4.78, 5) is 2.28. The first-order valence-electron chi connectivity index (χ1n) is 8.43. The van der Waals surface area contributed by atoms with Crippen LogP contribution >= 0.6 is 0 Å². The molecule has 0 unspecified atom stereocenters. The summed E-state index contributed by atoms with van der Waals surface area (Å²) in [6.45, 7) is 3.13. The fourth-order valence-corrected chi connectivity index (χ4v) is 3.18. The minimum Gasteiger partial charge on any atom is -0.378 e. The molecule has 0 amide bonds. The smallest absolute Gasteiger partial charge is 0.185 e. The number of ether oxygens (including phenoxy) is 1. The zero-order valence-electron chi connectivity index (χ0n) is 13.7. The molecule has 0 bridgehead atoms. The maximum Gasteiger partial charge on any atom is 0.185 e. The monoisotopic (exact) mass is 331 g/mol. The van der Waals surface area contributed by atoms with Crippen molar-refractivity contribution < 1.29 is 4.74 Å². The van der Waals surface area contributed by atoms with Crippen molar-refractivity contribution in [3.05, 3.63) is 60.2 Å². The van der Waals surface area contributed by atoms with Gasteiger partial charge in [0.25, 0.3) is 0 Å². The van der Waals surface area contributed by atoms with Gasteiger partial charge in [-0.2, -0.15) is 4.52 Å². The highest BCUT2D eigenvalue weighted by atomic mass is 16.5. The van der Waals surface area contributed by atoms with Crippen LogP contribution in [0.2, 0.25) is 0 Å². The van der Waals surface area contributed by atoms with E-state index < -0.39 is 0 Å². The second-order valence-electron chi connectivity index (χ2n) is 6.12. The molecule has 0 saturated carbocycles. The summed E-state index contributed by atoms with van der Waals surface area (Å²) in [5.74, 6) is 1.72. The van der Waals surface area contributed by atoms with Crippen molar-refractivity contribution in [3.8, 4) is 11.4 Å². The molecule has 0 atom stereocenters. The van der Waals surface area contributed by atoms with Gasteiger partial charge in [-0.3, -0.25) is 0 Å². The van der Waals surface area contributed by atoms with Gasteiger partial charge in [0, 0.05) is 24.2 Å². The molecular formula is C19H17N5O. The second kappa shape index (κ2) is 5.82. The van der Waals surface area contributed by atoms with Gasteiger partial charge < -0.3 is 9.64 Å². The molecule has 1 aliphatic heterocycles. The SMILES string of the molecule is C1=CC(c2cc3nnc(-c4ccccc4)n3nc2N2CCOCC2)=C1. The lowest BCUT2D eigenvalue weighted by molar-refractivity contribution is 0.122. The summed E-state index contributed by atoms with van der Waals surface area (Å²) >= 11 is 0. The fraction of sp³-hybridized carbons (Fsp3) is 0.211. The Kier molecular flexibility index (Phi) is 3.34. The Morgan fingerprint density at radius 1 is 1.00 bits per heavy atom. The van der Waals surface area contributed by atoms with Gasteiger partial charge in [0.2, 0.25) is 0 Å². The normalized spacial score (nSPS) is 16.8. The molecule has 1 fully saturated rings. The highest BCUT2D eigenvalue weighted by molar-refractivity contribution is 5.87. The van der Waals surface area contributed by atoms with Crippen LogP contribution < -0.4 is 4.90 Å². The molecule has 1 saturated heterocycles. The number of aromatic nitrogens is 4. The Morgan fingerprint density at radius 2 is 1.80 bits per heavy atom. The minimum absolute atomic E-state index is 0.724. The quantitative estimate of drug-likeness (QED) is 0.738. The molecule has 0 N–H and O–H groups in total. The molecule has 3 heterocycles. The number of hydrogen-bond acceptors (Lipinski definition) is 5. The third-order valence-corrected chi connectivity index (χ3v) is 4.58. The average Bonchev–Trinajstić information content (AvgIpc) is 3.04. The number of allylic oxidation sites excluding steroid dienone is 4. The fourth-order valence-electron chi connectivity index (χ4n) is 3.18. The molecule has 2 aliphatic rings. The maximum absolute atomic E-state index is 5.50. The molecule has 25 heavy (non-hydrogen) atoms. The van der Waals surface area contributed by atoms with E-state index in [9.17, 15) is 0 Å². The largest absolute Gasteiger partial charge is 0.378 e. The number of benzene rings is 1. The third-order valence-electron chi connectivity index (χ3n) is 4.58. The van der Waals surface area contributed by atoms with Gasteiger partial charge in [0.1, 0.15) is 0 Å². The van der Waals surface area contributed by atoms with Crippen LogP contribution in [-0.4, -0.2) is 46.1 Å². The molecule has 0 radical (unpaired) electrons. The van der Waals surface area contributed by atoms with Crippen molar-refractivity contribution in [1.29, 1.82) is 0 Å². The lowest BCUT2D eigenvalue weighted by atomic mass is 10.00. The Bertz CT molecular complexity index is 984. The summed E-state index contributed by atoms with van der Waals surface area (Å²) < 4.78 is 7.34. The molecule has 3 aromatic rings. The summed E-state index contributed by atoms with van der Waals surface area (Å²) in [6.07, 6.45) is 6.25. The van der Waals surface area contributed by atoms with E-state index in [-0.39, 0.29) is 0 Å². The maximum atomic E-state index is 5.50. The summed E-state index contributed by atoms with van der Waals surface area (Å²) in [5, 5.41) is 13.6. The van der Waals surface area contributed by atoms with Crippen LogP contribution in [-0.2, 0) is 4.74 Å². The number of rotatable bonds is 3. The van der Waals surface area contributed by atoms with Gasteiger partial charge in [0.05, 0.1) is 13.2 Å². The van der Waals surface area contributed by atoms with Crippen molar-refractivity contribution in [1.82, 2.24) is 19.8 Å². The Morgan fingerprint density at radius 3 is 2.52 bits per heavy atom. The molecule has 0 spiro atoms. The molecule has 1 aliphatic carbocycles. The third kappa shape index (κ3) is 2.42. The number of morpholine rings is 1. The van der Waals surface area contributed by atoms with E-state index in [1.54, 1.807) is 0 Å². The number of anilines is 1. The van der Waals surface area contributed by atoms with Crippen LogP contribution in [0.5, 0.6) is 0 Å². The zero-order valence-corrected chi connectivity index (χ0v) is 13.7. The molecule has 6 nitrogen and oxygen atoms in total. The number of fused-ring (bicyclic) bond motifs is 1. The standard InChI is InChI=1S/C19H17N5O/c1-2-5-15(6-3-1)18-21-20-17-13-16(14-7-4-8-14)19(22-24(17)18)23-9-11-25-12-10-23/h1-8,13H,9-12H2. The predicted octanol–water partition coefficient (Wildman–Crippen LogP) is 2.58. The van der Waals surface area contributed by atoms with Crippen LogP contribution in [0.25, 0.3) is 22.6 Å². The first kappa shape index (κ1) is 14.4. The van der Waals surface area contributed by atoms with Crippen LogP contribution in [0.3, 0.4) is 0 Å². The van der Waals surface area contributed by atoms with E-state index in [0.717, 1.165) is 54.7 Å². The Labute approximate surface area is 145 Å². The van der Waals surface area contributed by atoms with Gasteiger partial charge in [0.15, 0.2) is 17.3 Å². The summed E-state index contributed by atoms with van der Waals surface area (Å²) in [6, 6.07) is 12.1. The first-order chi connectivity index (χ1) is 12.4. The van der Waals surface area contributed by atoms with Gasteiger partial charge in [-0.05, 0) is 11.6 Å². The number of nitrogens with zero attached hydrogens (tertiary/aromatic N) is 5.